The first-order valence-corrected chi connectivity index (χ1v) is 8.41. The van der Waals surface area contributed by atoms with Crippen LogP contribution in [-0.2, 0) is 9.84 Å². The smallest absolute Gasteiger partial charge is 0.152 e. The minimum atomic E-state index is -2.82. The van der Waals surface area contributed by atoms with Crippen molar-refractivity contribution < 1.29 is 13.5 Å². The average Bonchev–Trinajstić information content (AvgIpc) is 2.33. The Labute approximate surface area is 109 Å². The first-order valence-electron chi connectivity index (χ1n) is 6.59. The molecule has 0 radical (unpaired) electrons. The van der Waals surface area contributed by atoms with Gasteiger partial charge in [0.2, 0.25) is 0 Å². The summed E-state index contributed by atoms with van der Waals surface area (Å²) in [7, 11) is -2.82. The number of piperazine rings is 1. The van der Waals surface area contributed by atoms with Crippen LogP contribution >= 0.6 is 0 Å². The minimum Gasteiger partial charge on any atom is -0.390 e. The van der Waals surface area contributed by atoms with Gasteiger partial charge in [0.05, 0.1) is 17.6 Å². The van der Waals surface area contributed by atoms with E-state index in [1.807, 2.05) is 4.90 Å². The van der Waals surface area contributed by atoms with Gasteiger partial charge in [-0.1, -0.05) is 0 Å². The molecule has 18 heavy (non-hydrogen) atoms. The summed E-state index contributed by atoms with van der Waals surface area (Å²) >= 11 is 0. The van der Waals surface area contributed by atoms with Gasteiger partial charge in [-0.05, 0) is 0 Å². The molecule has 6 nitrogen and oxygen atoms in total. The SMILES string of the molecule is O=S1(=O)CCN(CC(O)CN2CCNCC2)CC1. The van der Waals surface area contributed by atoms with Gasteiger partial charge in [0, 0.05) is 52.4 Å². The molecular weight excluding hydrogens is 254 g/mol. The van der Waals surface area contributed by atoms with Crippen molar-refractivity contribution in [2.45, 2.75) is 6.10 Å². The summed E-state index contributed by atoms with van der Waals surface area (Å²) in [6.45, 7) is 6.30. The average molecular weight is 277 g/mol. The van der Waals surface area contributed by atoms with Crippen molar-refractivity contribution in [1.29, 1.82) is 0 Å². The molecule has 0 bridgehead atoms. The molecule has 1 atom stereocenters. The van der Waals surface area contributed by atoms with Crippen molar-refractivity contribution in [3.63, 3.8) is 0 Å². The molecule has 2 saturated heterocycles. The van der Waals surface area contributed by atoms with Gasteiger partial charge in [-0.2, -0.15) is 0 Å². The van der Waals surface area contributed by atoms with Crippen molar-refractivity contribution in [1.82, 2.24) is 15.1 Å². The molecule has 1 unspecified atom stereocenters. The maximum Gasteiger partial charge on any atom is 0.152 e. The second-order valence-electron chi connectivity index (χ2n) is 5.16. The highest BCUT2D eigenvalue weighted by atomic mass is 32.2. The van der Waals surface area contributed by atoms with Crippen molar-refractivity contribution in [2.24, 2.45) is 0 Å². The van der Waals surface area contributed by atoms with E-state index in [0.717, 1.165) is 26.2 Å². The molecule has 2 aliphatic heterocycles. The Morgan fingerprint density at radius 1 is 1.00 bits per heavy atom. The fraction of sp³-hybridized carbons (Fsp3) is 1.00. The molecule has 0 aromatic rings. The molecule has 0 aromatic heterocycles. The van der Waals surface area contributed by atoms with E-state index >= 15 is 0 Å². The number of hydrogen-bond acceptors (Lipinski definition) is 6. The number of nitrogens with one attached hydrogen (secondary N) is 1. The topological polar surface area (TPSA) is 72.9 Å². The largest absolute Gasteiger partial charge is 0.390 e. The van der Waals surface area contributed by atoms with E-state index < -0.39 is 9.84 Å². The van der Waals surface area contributed by atoms with E-state index in [4.69, 9.17) is 0 Å². The maximum absolute atomic E-state index is 11.3. The first kappa shape index (κ1) is 14.2. The Balaban J connectivity index is 1.69. The molecule has 0 aliphatic carbocycles. The Bertz CT molecular complexity index is 341. The number of aliphatic hydroxyl groups is 1. The van der Waals surface area contributed by atoms with Crippen LogP contribution in [0.25, 0.3) is 0 Å². The lowest BCUT2D eigenvalue weighted by molar-refractivity contribution is 0.0720. The van der Waals surface area contributed by atoms with Gasteiger partial charge < -0.3 is 10.4 Å². The second kappa shape index (κ2) is 6.29. The van der Waals surface area contributed by atoms with E-state index in [-0.39, 0.29) is 17.6 Å². The zero-order valence-electron chi connectivity index (χ0n) is 10.7. The molecule has 106 valence electrons. The van der Waals surface area contributed by atoms with E-state index in [2.05, 4.69) is 10.2 Å². The molecular formula is C11H23N3O3S. The van der Waals surface area contributed by atoms with Crippen LogP contribution in [0.5, 0.6) is 0 Å². The summed E-state index contributed by atoms with van der Waals surface area (Å²) < 4.78 is 22.6. The number of sulfone groups is 1. The van der Waals surface area contributed by atoms with Crippen LogP contribution in [0.1, 0.15) is 0 Å². The summed E-state index contributed by atoms with van der Waals surface area (Å²) in [6.07, 6.45) is -0.385. The first-order chi connectivity index (χ1) is 8.55. The van der Waals surface area contributed by atoms with Crippen LogP contribution in [0.15, 0.2) is 0 Å². The quantitative estimate of drug-likeness (QED) is 0.618. The van der Waals surface area contributed by atoms with E-state index in [1.165, 1.54) is 0 Å². The van der Waals surface area contributed by atoms with Crippen LogP contribution < -0.4 is 5.32 Å². The lowest BCUT2D eigenvalue weighted by Crippen LogP contribution is -2.50. The predicted octanol–water partition coefficient (Wildman–Crippen LogP) is -2.02. The summed E-state index contributed by atoms with van der Waals surface area (Å²) in [5.41, 5.74) is 0. The molecule has 2 N–H and O–H groups in total. The van der Waals surface area contributed by atoms with Gasteiger partial charge in [0.1, 0.15) is 0 Å². The van der Waals surface area contributed by atoms with Crippen molar-refractivity contribution in [3.05, 3.63) is 0 Å². The summed E-state index contributed by atoms with van der Waals surface area (Å²) in [6, 6.07) is 0. The Kier molecular flexibility index (Phi) is 4.97. The molecule has 2 fully saturated rings. The Morgan fingerprint density at radius 3 is 2.06 bits per heavy atom. The van der Waals surface area contributed by atoms with Crippen molar-refractivity contribution >= 4 is 9.84 Å². The number of aliphatic hydroxyl groups excluding tert-OH is 1. The molecule has 7 heteroatoms. The predicted molar refractivity (Wildman–Crippen MR) is 70.4 cm³/mol. The second-order valence-corrected chi connectivity index (χ2v) is 7.46. The number of β-amino-alcohol motifs (C(OH)–C–C–N with tert-alkyl or cyclic N) is 1. The standard InChI is InChI=1S/C11H23N3O3S/c15-11(9-13-3-1-12-2-4-13)10-14-5-7-18(16,17)8-6-14/h11-12,15H,1-10H2. The summed E-state index contributed by atoms with van der Waals surface area (Å²) in [4.78, 5) is 4.30. The lowest BCUT2D eigenvalue weighted by atomic mass is 10.2. The third-order valence-corrected chi connectivity index (χ3v) is 5.19. The minimum absolute atomic E-state index is 0.230. The highest BCUT2D eigenvalue weighted by molar-refractivity contribution is 7.91. The number of nitrogens with zero attached hydrogens (tertiary/aromatic N) is 2. The molecule has 0 amide bonds. The molecule has 0 saturated carbocycles. The van der Waals surface area contributed by atoms with E-state index in [9.17, 15) is 13.5 Å². The Hall–Kier alpha value is -0.210. The van der Waals surface area contributed by atoms with Crippen LogP contribution in [0.2, 0.25) is 0 Å². The monoisotopic (exact) mass is 277 g/mol. The van der Waals surface area contributed by atoms with Gasteiger partial charge in [-0.3, -0.25) is 9.80 Å². The fourth-order valence-electron chi connectivity index (χ4n) is 2.48. The van der Waals surface area contributed by atoms with E-state index in [1.54, 1.807) is 0 Å². The van der Waals surface area contributed by atoms with Crippen molar-refractivity contribution in [2.75, 3.05) is 63.9 Å². The van der Waals surface area contributed by atoms with Gasteiger partial charge in [-0.25, -0.2) is 8.42 Å². The van der Waals surface area contributed by atoms with Crippen LogP contribution in [0.3, 0.4) is 0 Å². The van der Waals surface area contributed by atoms with Crippen LogP contribution in [0, 0.1) is 0 Å². The molecule has 2 aliphatic rings. The molecule has 2 rings (SSSR count). The zero-order valence-corrected chi connectivity index (χ0v) is 11.5. The molecule has 0 aromatic carbocycles. The van der Waals surface area contributed by atoms with Gasteiger partial charge in [0.15, 0.2) is 9.84 Å². The third kappa shape index (κ3) is 4.47. The van der Waals surface area contributed by atoms with Crippen LogP contribution in [-0.4, -0.2) is 93.3 Å². The third-order valence-electron chi connectivity index (χ3n) is 3.58. The number of rotatable bonds is 4. The van der Waals surface area contributed by atoms with Crippen LogP contribution in [0.4, 0.5) is 0 Å². The highest BCUT2D eigenvalue weighted by Crippen LogP contribution is 2.05. The Morgan fingerprint density at radius 2 is 1.50 bits per heavy atom. The highest BCUT2D eigenvalue weighted by Gasteiger charge is 2.24. The lowest BCUT2D eigenvalue weighted by Gasteiger charge is -2.32. The number of hydrogen-bond donors (Lipinski definition) is 2. The van der Waals surface area contributed by atoms with Crippen molar-refractivity contribution in [3.8, 4) is 0 Å². The normalized spacial score (nSPS) is 28.1. The summed E-state index contributed by atoms with van der Waals surface area (Å²) in [5, 5.41) is 13.3. The van der Waals surface area contributed by atoms with Gasteiger partial charge in [0.25, 0.3) is 0 Å². The fourth-order valence-corrected chi connectivity index (χ4v) is 3.76. The maximum atomic E-state index is 11.3. The molecule has 0 spiro atoms. The zero-order chi connectivity index (χ0) is 13.0. The van der Waals surface area contributed by atoms with Gasteiger partial charge >= 0.3 is 0 Å². The summed E-state index contributed by atoms with van der Waals surface area (Å²) in [5.74, 6) is 0.459. The molecule has 2 heterocycles. The van der Waals surface area contributed by atoms with E-state index in [0.29, 0.717) is 26.2 Å². The van der Waals surface area contributed by atoms with Gasteiger partial charge in [-0.15, -0.1) is 0 Å².